The maximum absolute atomic E-state index is 14.2. The van der Waals surface area contributed by atoms with Gasteiger partial charge in [-0.3, -0.25) is 4.79 Å². The molecule has 2 aromatic carbocycles. The van der Waals surface area contributed by atoms with E-state index in [1.807, 2.05) is 24.3 Å². The molecule has 202 valence electrons. The minimum atomic E-state index is -5.08. The molecule has 2 aliphatic rings. The third kappa shape index (κ3) is 6.21. The molecule has 2 fully saturated rings. The van der Waals surface area contributed by atoms with Crippen molar-refractivity contribution in [2.75, 3.05) is 36.4 Å². The van der Waals surface area contributed by atoms with Gasteiger partial charge in [-0.15, -0.1) is 0 Å². The van der Waals surface area contributed by atoms with Crippen LogP contribution in [0.25, 0.3) is 11.0 Å². The van der Waals surface area contributed by atoms with Crippen LogP contribution < -0.4 is 10.2 Å². The monoisotopic (exact) mass is 557 g/mol. The highest BCUT2D eigenvalue weighted by molar-refractivity contribution is 6.34. The van der Waals surface area contributed by atoms with Crippen LogP contribution in [-0.2, 0) is 4.79 Å². The number of fused-ring (bicyclic) bond motifs is 1. The van der Waals surface area contributed by atoms with Gasteiger partial charge in [0.25, 0.3) is 5.91 Å². The Balaban J connectivity index is 0.000000426. The van der Waals surface area contributed by atoms with E-state index in [1.165, 1.54) is 4.90 Å². The number of rotatable bonds is 4. The summed E-state index contributed by atoms with van der Waals surface area (Å²) >= 11 is 5.87. The highest BCUT2D eigenvalue weighted by Gasteiger charge is 2.38. The van der Waals surface area contributed by atoms with Gasteiger partial charge >= 0.3 is 12.1 Å². The first kappa shape index (κ1) is 27.3. The number of hydrogen-bond acceptors (Lipinski definition) is 6. The maximum Gasteiger partial charge on any atom is 0.490 e. The van der Waals surface area contributed by atoms with Gasteiger partial charge in [-0.1, -0.05) is 23.7 Å². The number of nitrogens with zero attached hydrogens (tertiary/aromatic N) is 4. The second-order valence-electron chi connectivity index (χ2n) is 8.60. The van der Waals surface area contributed by atoms with Crippen molar-refractivity contribution in [3.63, 3.8) is 0 Å². The summed E-state index contributed by atoms with van der Waals surface area (Å²) in [5.41, 5.74) is 1.20. The molecule has 8 nitrogen and oxygen atoms in total. The Morgan fingerprint density at radius 1 is 0.947 bits per heavy atom. The molecule has 38 heavy (non-hydrogen) atoms. The molecule has 1 aliphatic carbocycles. The summed E-state index contributed by atoms with van der Waals surface area (Å²) in [6, 6.07) is 9.94. The van der Waals surface area contributed by atoms with E-state index in [-0.39, 0.29) is 0 Å². The fourth-order valence-corrected chi connectivity index (χ4v) is 3.97. The Hall–Kier alpha value is -3.74. The van der Waals surface area contributed by atoms with E-state index >= 15 is 0 Å². The Morgan fingerprint density at radius 2 is 1.50 bits per heavy atom. The largest absolute Gasteiger partial charge is 0.490 e. The average Bonchev–Trinajstić information content (AvgIpc) is 3.70. The van der Waals surface area contributed by atoms with Gasteiger partial charge in [0.05, 0.1) is 21.6 Å². The standard InChI is InChI=1S/C22H20ClF2N5O.C2HF3O2/c23-19-15(25)8-7-14(24)18(19)22(31)30-11-9-29(10-12-30)21-20(26-13-5-6-13)27-16-3-1-2-4-17(16)28-21;3-2(4,5)1(6)7/h1-4,7-8,13H,5-6,9-12H2,(H,26,27);(H,6,7). The van der Waals surface area contributed by atoms with Crippen molar-refractivity contribution in [1.29, 1.82) is 0 Å². The molecule has 0 bridgehead atoms. The van der Waals surface area contributed by atoms with Crippen molar-refractivity contribution in [3.05, 3.63) is 58.6 Å². The van der Waals surface area contributed by atoms with Crippen LogP contribution in [0.2, 0.25) is 5.02 Å². The summed E-state index contributed by atoms with van der Waals surface area (Å²) in [6.07, 6.45) is -2.87. The summed E-state index contributed by atoms with van der Waals surface area (Å²) in [4.78, 5) is 34.8. The number of piperazine rings is 1. The van der Waals surface area contributed by atoms with Crippen LogP contribution in [0, 0.1) is 11.6 Å². The number of carbonyl (C=O) groups is 2. The lowest BCUT2D eigenvalue weighted by molar-refractivity contribution is -0.192. The molecule has 1 amide bonds. The quantitative estimate of drug-likeness (QED) is 0.353. The summed E-state index contributed by atoms with van der Waals surface area (Å²) in [5.74, 6) is -3.52. The molecule has 0 radical (unpaired) electrons. The molecule has 3 aromatic rings. The molecule has 1 saturated carbocycles. The van der Waals surface area contributed by atoms with Crippen LogP contribution in [0.5, 0.6) is 0 Å². The number of para-hydroxylation sites is 2. The second-order valence-corrected chi connectivity index (χ2v) is 8.98. The van der Waals surface area contributed by atoms with Crippen LogP contribution in [0.4, 0.5) is 33.6 Å². The smallest absolute Gasteiger partial charge is 0.475 e. The van der Waals surface area contributed by atoms with E-state index in [0.29, 0.717) is 32.2 Å². The van der Waals surface area contributed by atoms with Crippen molar-refractivity contribution in [2.24, 2.45) is 0 Å². The molecule has 2 N–H and O–H groups in total. The highest BCUT2D eigenvalue weighted by atomic mass is 35.5. The molecular weight excluding hydrogens is 537 g/mol. The number of benzene rings is 2. The van der Waals surface area contributed by atoms with E-state index < -0.39 is 40.3 Å². The number of halogens is 6. The van der Waals surface area contributed by atoms with E-state index in [2.05, 4.69) is 10.2 Å². The van der Waals surface area contributed by atoms with Gasteiger partial charge in [0.1, 0.15) is 11.6 Å². The first-order chi connectivity index (χ1) is 18.0. The van der Waals surface area contributed by atoms with E-state index in [9.17, 15) is 26.7 Å². The van der Waals surface area contributed by atoms with Gasteiger partial charge in [0.15, 0.2) is 11.6 Å². The first-order valence-corrected chi connectivity index (χ1v) is 11.8. The highest BCUT2D eigenvalue weighted by Crippen LogP contribution is 2.32. The maximum atomic E-state index is 14.2. The summed E-state index contributed by atoms with van der Waals surface area (Å²) in [7, 11) is 0. The van der Waals surface area contributed by atoms with Crippen molar-refractivity contribution in [2.45, 2.75) is 25.1 Å². The predicted molar refractivity (Wildman–Crippen MR) is 129 cm³/mol. The molecule has 5 rings (SSSR count). The van der Waals surface area contributed by atoms with Gasteiger partial charge in [-0.2, -0.15) is 13.2 Å². The average molecular weight is 558 g/mol. The summed E-state index contributed by atoms with van der Waals surface area (Å²) < 4.78 is 59.7. The fourth-order valence-electron chi connectivity index (χ4n) is 3.73. The third-order valence-corrected chi connectivity index (χ3v) is 6.21. The zero-order chi connectivity index (χ0) is 27.6. The number of carboxylic acids is 1. The zero-order valence-corrected chi connectivity index (χ0v) is 20.4. The predicted octanol–water partition coefficient (Wildman–Crippen LogP) is 4.73. The lowest BCUT2D eigenvalue weighted by Crippen LogP contribution is -2.49. The minimum absolute atomic E-state index is 0.336. The van der Waals surface area contributed by atoms with Crippen molar-refractivity contribution in [1.82, 2.24) is 14.9 Å². The van der Waals surface area contributed by atoms with Crippen LogP contribution in [0.3, 0.4) is 0 Å². The van der Waals surface area contributed by atoms with Crippen LogP contribution in [-0.4, -0.2) is 70.2 Å². The SMILES string of the molecule is O=C(O)C(F)(F)F.O=C(c1c(F)ccc(F)c1Cl)N1CCN(c2nc3ccccc3nc2NC2CC2)CC1. The summed E-state index contributed by atoms with van der Waals surface area (Å²) in [5, 5.41) is 10.1. The summed E-state index contributed by atoms with van der Waals surface area (Å²) in [6.45, 7) is 1.66. The van der Waals surface area contributed by atoms with Crippen LogP contribution >= 0.6 is 11.6 Å². The molecule has 1 aliphatic heterocycles. The van der Waals surface area contributed by atoms with Gasteiger partial charge < -0.3 is 20.2 Å². The molecule has 1 saturated heterocycles. The Kier molecular flexibility index (Phi) is 7.86. The number of nitrogens with one attached hydrogen (secondary N) is 1. The van der Waals surface area contributed by atoms with Crippen molar-refractivity contribution in [3.8, 4) is 0 Å². The van der Waals surface area contributed by atoms with Crippen LogP contribution in [0.15, 0.2) is 36.4 Å². The van der Waals surface area contributed by atoms with E-state index in [4.69, 9.17) is 31.5 Å². The number of amides is 1. The van der Waals surface area contributed by atoms with Crippen LogP contribution in [0.1, 0.15) is 23.2 Å². The van der Waals surface area contributed by atoms with Gasteiger partial charge in [-0.25, -0.2) is 23.5 Å². The number of hydrogen-bond donors (Lipinski definition) is 2. The molecule has 0 spiro atoms. The van der Waals surface area contributed by atoms with E-state index in [0.717, 1.165) is 47.6 Å². The molecule has 2 heterocycles. The number of carboxylic acid groups (broad SMARTS) is 1. The van der Waals surface area contributed by atoms with Gasteiger partial charge in [-0.05, 0) is 37.1 Å². The number of aromatic nitrogens is 2. The molecule has 0 atom stereocenters. The Labute approximate surface area is 218 Å². The Morgan fingerprint density at radius 3 is 2.05 bits per heavy atom. The van der Waals surface area contributed by atoms with E-state index in [1.54, 1.807) is 0 Å². The number of alkyl halides is 3. The second kappa shape index (κ2) is 10.9. The lowest BCUT2D eigenvalue weighted by Gasteiger charge is -2.36. The minimum Gasteiger partial charge on any atom is -0.475 e. The fraction of sp³-hybridized carbons (Fsp3) is 0.333. The molecule has 14 heteroatoms. The normalized spacial score (nSPS) is 15.6. The number of anilines is 2. The third-order valence-electron chi connectivity index (χ3n) is 5.84. The lowest BCUT2D eigenvalue weighted by atomic mass is 10.1. The number of carbonyl (C=O) groups excluding carboxylic acids is 1. The van der Waals surface area contributed by atoms with Gasteiger partial charge in [0.2, 0.25) is 0 Å². The van der Waals surface area contributed by atoms with Crippen molar-refractivity contribution >= 4 is 46.1 Å². The number of aliphatic carboxylic acids is 1. The topological polar surface area (TPSA) is 98.7 Å². The van der Waals surface area contributed by atoms with Crippen molar-refractivity contribution < 1.29 is 36.6 Å². The Bertz CT molecular complexity index is 1360. The molecular formula is C24H21ClF5N5O3. The van der Waals surface area contributed by atoms with Gasteiger partial charge in [0, 0.05) is 32.2 Å². The molecule has 0 unspecified atom stereocenters. The zero-order valence-electron chi connectivity index (χ0n) is 19.6. The first-order valence-electron chi connectivity index (χ1n) is 11.5. The molecule has 1 aromatic heterocycles.